The summed E-state index contributed by atoms with van der Waals surface area (Å²) in [5.41, 5.74) is -0.325. The normalized spacial score (nSPS) is 13.4. The van der Waals surface area contributed by atoms with Gasteiger partial charge in [-0.2, -0.15) is 5.01 Å². The number of benzene rings is 3. The molecule has 1 aliphatic heterocycles. The molecule has 3 aromatic carbocycles. The number of hydrogen-bond acceptors (Lipinski definition) is 6. The van der Waals surface area contributed by atoms with Crippen LogP contribution < -0.4 is 0 Å². The first-order valence-corrected chi connectivity index (χ1v) is 11.3. The van der Waals surface area contributed by atoms with Crippen molar-refractivity contribution in [1.29, 1.82) is 0 Å². The van der Waals surface area contributed by atoms with Crippen LogP contribution in [0.4, 0.5) is 5.69 Å². The number of imide groups is 1. The van der Waals surface area contributed by atoms with Crippen molar-refractivity contribution in [3.05, 3.63) is 109 Å². The molecular formula is C25H17Cl2N3O6. The Bertz CT molecular complexity index is 1450. The van der Waals surface area contributed by atoms with E-state index in [2.05, 4.69) is 0 Å². The molecule has 1 aliphatic rings. The number of nitro benzene ring substituents is 1. The van der Waals surface area contributed by atoms with Crippen LogP contribution in [0.25, 0.3) is 0 Å². The molecule has 3 amide bonds. The summed E-state index contributed by atoms with van der Waals surface area (Å²) in [6.07, 6.45) is 0. The van der Waals surface area contributed by atoms with E-state index >= 15 is 0 Å². The van der Waals surface area contributed by atoms with Gasteiger partial charge in [-0.15, -0.1) is 0 Å². The highest BCUT2D eigenvalue weighted by Crippen LogP contribution is 2.34. The van der Waals surface area contributed by atoms with E-state index in [1.807, 2.05) is 6.92 Å². The van der Waals surface area contributed by atoms with E-state index in [0.29, 0.717) is 10.0 Å². The number of nitrogens with zero attached hydrogens (tertiary/aromatic N) is 3. The van der Waals surface area contributed by atoms with Gasteiger partial charge < -0.3 is 0 Å². The predicted octanol–water partition coefficient (Wildman–Crippen LogP) is 5.13. The van der Waals surface area contributed by atoms with E-state index in [4.69, 9.17) is 23.2 Å². The maximum absolute atomic E-state index is 13.7. The van der Waals surface area contributed by atoms with Gasteiger partial charge in [0.2, 0.25) is 0 Å². The minimum absolute atomic E-state index is 0.0740. The number of amides is 3. The molecule has 11 heteroatoms. The maximum atomic E-state index is 13.7. The lowest BCUT2D eigenvalue weighted by Crippen LogP contribution is -2.56. The van der Waals surface area contributed by atoms with Crippen LogP contribution in [-0.2, 0) is 0 Å². The van der Waals surface area contributed by atoms with Gasteiger partial charge >= 0.3 is 0 Å². The highest BCUT2D eigenvalue weighted by atomic mass is 35.5. The van der Waals surface area contributed by atoms with Gasteiger partial charge in [0.05, 0.1) is 21.1 Å². The number of Topliss-reactive ketones (excluding diaryl/α,β-unsaturated/α-hetero) is 1. The molecule has 0 fully saturated rings. The first-order chi connectivity index (χ1) is 17.0. The Hall–Kier alpha value is -4.08. The minimum atomic E-state index is -1.37. The molecular weight excluding hydrogens is 509 g/mol. The molecule has 0 radical (unpaired) electrons. The van der Waals surface area contributed by atoms with Crippen molar-refractivity contribution in [3.63, 3.8) is 0 Å². The van der Waals surface area contributed by atoms with Gasteiger partial charge in [0.15, 0.2) is 5.78 Å². The van der Waals surface area contributed by atoms with Crippen molar-refractivity contribution < 1.29 is 24.1 Å². The second-order valence-corrected chi connectivity index (χ2v) is 8.90. The van der Waals surface area contributed by atoms with Crippen LogP contribution in [0, 0.1) is 17.0 Å². The first-order valence-electron chi connectivity index (χ1n) is 10.6. The number of halogens is 2. The van der Waals surface area contributed by atoms with E-state index in [9.17, 15) is 29.3 Å². The molecule has 9 nitrogen and oxygen atoms in total. The lowest BCUT2D eigenvalue weighted by atomic mass is 10.0. The van der Waals surface area contributed by atoms with E-state index in [0.717, 1.165) is 11.6 Å². The predicted molar refractivity (Wildman–Crippen MR) is 131 cm³/mol. The molecule has 1 heterocycles. The summed E-state index contributed by atoms with van der Waals surface area (Å²) in [7, 11) is 0. The van der Waals surface area contributed by atoms with Crippen LogP contribution in [0.5, 0.6) is 0 Å². The fraction of sp³-hybridized carbons (Fsp3) is 0.120. The van der Waals surface area contributed by atoms with Crippen molar-refractivity contribution >= 4 is 52.4 Å². The van der Waals surface area contributed by atoms with E-state index in [1.54, 1.807) is 24.3 Å². The van der Waals surface area contributed by atoms with E-state index < -0.39 is 45.7 Å². The Morgan fingerprint density at radius 1 is 1.00 bits per heavy atom. The number of carbonyl (C=O) groups excluding carboxylic acids is 4. The lowest BCUT2D eigenvalue weighted by molar-refractivity contribution is -0.385. The molecule has 0 spiro atoms. The number of carbonyl (C=O) groups is 4. The fourth-order valence-electron chi connectivity index (χ4n) is 3.90. The molecule has 0 aromatic heterocycles. The summed E-state index contributed by atoms with van der Waals surface area (Å²) < 4.78 is 0. The number of ketones is 1. The first kappa shape index (κ1) is 25.0. The fourth-order valence-corrected chi connectivity index (χ4v) is 4.39. The average Bonchev–Trinajstić information content (AvgIpc) is 3.09. The van der Waals surface area contributed by atoms with Gasteiger partial charge in [-0.1, -0.05) is 59.1 Å². The third kappa shape index (κ3) is 4.23. The molecule has 0 unspecified atom stereocenters. The number of hydrogen-bond donors (Lipinski definition) is 0. The minimum Gasteiger partial charge on any atom is -0.292 e. The Kier molecular flexibility index (Phi) is 6.62. The SMILES string of the molecule is Cc1ccc(C(=O)[C@@H](C)N(C(=O)c2ccc(Cl)cc2Cl)N2C(=O)c3cccc([N+](=O)[O-])c3C2=O)cc1. The Morgan fingerprint density at radius 3 is 2.28 bits per heavy atom. The van der Waals surface area contributed by atoms with Crippen LogP contribution in [0.3, 0.4) is 0 Å². The van der Waals surface area contributed by atoms with Gasteiger partial charge in [0.1, 0.15) is 11.6 Å². The van der Waals surface area contributed by atoms with Gasteiger partial charge in [-0.05, 0) is 38.1 Å². The zero-order chi connectivity index (χ0) is 26.3. The molecule has 0 bridgehead atoms. The maximum Gasteiger partial charge on any atom is 0.287 e. The van der Waals surface area contributed by atoms with E-state index in [1.165, 1.54) is 37.3 Å². The third-order valence-corrected chi connectivity index (χ3v) is 6.28. The van der Waals surface area contributed by atoms with Crippen LogP contribution in [0.1, 0.15) is 53.9 Å². The Morgan fingerprint density at radius 2 is 1.67 bits per heavy atom. The molecule has 0 N–H and O–H groups in total. The highest BCUT2D eigenvalue weighted by molar-refractivity contribution is 6.37. The van der Waals surface area contributed by atoms with Gasteiger partial charge in [0, 0.05) is 16.7 Å². The number of rotatable bonds is 6. The van der Waals surface area contributed by atoms with Crippen molar-refractivity contribution in [2.45, 2.75) is 19.9 Å². The molecule has 4 rings (SSSR count). The van der Waals surface area contributed by atoms with Gasteiger partial charge in [-0.25, -0.2) is 5.01 Å². The zero-order valence-corrected chi connectivity index (χ0v) is 20.4. The number of nitro groups is 1. The van der Waals surface area contributed by atoms with Crippen LogP contribution >= 0.6 is 23.2 Å². The third-order valence-electron chi connectivity index (χ3n) is 5.74. The van der Waals surface area contributed by atoms with Crippen molar-refractivity contribution in [2.75, 3.05) is 0 Å². The number of aryl methyl sites for hydroxylation is 1. The summed E-state index contributed by atoms with van der Waals surface area (Å²) in [5.74, 6) is -3.61. The standard InChI is InChI=1S/C25H17Cl2N3O6/c1-13-6-8-15(9-7-13)22(31)14(2)28(23(32)17-11-10-16(26)12-19(17)27)29-24(33)18-4-3-5-20(30(35)36)21(18)25(29)34/h3-12,14H,1-2H3/t14-/m1/s1. The summed E-state index contributed by atoms with van der Waals surface area (Å²) >= 11 is 12.2. The highest BCUT2D eigenvalue weighted by Gasteiger charge is 2.48. The van der Waals surface area contributed by atoms with Crippen LogP contribution in [0.2, 0.25) is 10.0 Å². The lowest BCUT2D eigenvalue weighted by Gasteiger charge is -2.34. The van der Waals surface area contributed by atoms with Crippen LogP contribution in [-0.4, -0.2) is 44.5 Å². The van der Waals surface area contributed by atoms with Crippen molar-refractivity contribution in [1.82, 2.24) is 10.0 Å². The monoisotopic (exact) mass is 525 g/mol. The number of fused-ring (bicyclic) bond motifs is 1. The Labute approximate surface area is 214 Å². The molecule has 182 valence electrons. The summed E-state index contributed by atoms with van der Waals surface area (Å²) in [5, 5.41) is 12.8. The molecule has 3 aromatic rings. The van der Waals surface area contributed by atoms with Gasteiger partial charge in [-0.3, -0.25) is 29.3 Å². The van der Waals surface area contributed by atoms with Crippen molar-refractivity contribution in [2.24, 2.45) is 0 Å². The Balaban J connectivity index is 1.86. The quantitative estimate of drug-likeness (QED) is 0.190. The summed E-state index contributed by atoms with van der Waals surface area (Å²) in [6, 6.07) is 12.7. The molecule has 0 saturated carbocycles. The largest absolute Gasteiger partial charge is 0.292 e. The smallest absolute Gasteiger partial charge is 0.287 e. The number of hydrazine groups is 1. The van der Waals surface area contributed by atoms with Gasteiger partial charge in [0.25, 0.3) is 23.4 Å². The molecule has 36 heavy (non-hydrogen) atoms. The van der Waals surface area contributed by atoms with Crippen LogP contribution in [0.15, 0.2) is 60.7 Å². The average molecular weight is 526 g/mol. The molecule has 1 atom stereocenters. The second kappa shape index (κ2) is 9.52. The summed E-state index contributed by atoms with van der Waals surface area (Å²) in [6.45, 7) is 3.18. The molecule has 0 aliphatic carbocycles. The molecule has 0 saturated heterocycles. The topological polar surface area (TPSA) is 118 Å². The summed E-state index contributed by atoms with van der Waals surface area (Å²) in [4.78, 5) is 64.6. The zero-order valence-electron chi connectivity index (χ0n) is 18.9. The van der Waals surface area contributed by atoms with Crippen molar-refractivity contribution in [3.8, 4) is 0 Å². The second-order valence-electron chi connectivity index (χ2n) is 8.06. The van der Waals surface area contributed by atoms with E-state index in [-0.39, 0.29) is 26.7 Å².